The number of halogens is 1. The van der Waals surface area contributed by atoms with Crippen molar-refractivity contribution in [3.63, 3.8) is 0 Å². The summed E-state index contributed by atoms with van der Waals surface area (Å²) in [5.41, 5.74) is -0.119. The highest BCUT2D eigenvalue weighted by Gasteiger charge is 2.18. The normalized spacial score (nSPS) is 9.86. The summed E-state index contributed by atoms with van der Waals surface area (Å²) < 4.78 is 0. The lowest BCUT2D eigenvalue weighted by molar-refractivity contribution is -0.385. The van der Waals surface area contributed by atoms with E-state index in [-0.39, 0.29) is 23.5 Å². The summed E-state index contributed by atoms with van der Waals surface area (Å²) >= 11 is 5.65. The van der Waals surface area contributed by atoms with E-state index in [2.05, 4.69) is 0 Å². The third kappa shape index (κ3) is 2.09. The average molecular weight is 214 g/mol. The van der Waals surface area contributed by atoms with Crippen LogP contribution in [0.3, 0.4) is 0 Å². The highest BCUT2D eigenvalue weighted by molar-refractivity contribution is 6.31. The second-order valence-electron chi connectivity index (χ2n) is 2.70. The number of nitrogens with zero attached hydrogens (tertiary/aromatic N) is 1. The molecule has 1 aromatic rings. The Morgan fingerprint density at radius 3 is 2.71 bits per heavy atom. The van der Waals surface area contributed by atoms with Gasteiger partial charge in [-0.05, 0) is 12.1 Å². The number of nitro groups is 1. The van der Waals surface area contributed by atoms with Crippen LogP contribution in [0, 0.1) is 10.1 Å². The molecule has 0 spiro atoms. The molecule has 0 aliphatic carbocycles. The van der Waals surface area contributed by atoms with Gasteiger partial charge in [-0.3, -0.25) is 14.9 Å². The van der Waals surface area contributed by atoms with E-state index in [1.807, 2.05) is 0 Å². The van der Waals surface area contributed by atoms with Crippen LogP contribution in [0.5, 0.6) is 0 Å². The van der Waals surface area contributed by atoms with E-state index in [1.54, 1.807) is 6.92 Å². The van der Waals surface area contributed by atoms with Crippen LogP contribution in [-0.4, -0.2) is 10.7 Å². The van der Waals surface area contributed by atoms with Crippen molar-refractivity contribution < 1.29 is 9.72 Å². The largest absolute Gasteiger partial charge is 0.294 e. The molecular weight excluding hydrogens is 206 g/mol. The Bertz CT molecular complexity index is 390. The van der Waals surface area contributed by atoms with E-state index in [9.17, 15) is 14.9 Å². The number of hydrogen-bond donors (Lipinski definition) is 0. The lowest BCUT2D eigenvalue weighted by Gasteiger charge is -2.00. The van der Waals surface area contributed by atoms with Crippen LogP contribution in [0.15, 0.2) is 18.2 Å². The number of hydrogen-bond acceptors (Lipinski definition) is 3. The van der Waals surface area contributed by atoms with Crippen LogP contribution in [0.25, 0.3) is 0 Å². The molecule has 1 rings (SSSR count). The second-order valence-corrected chi connectivity index (χ2v) is 3.13. The maximum absolute atomic E-state index is 11.3. The lowest BCUT2D eigenvalue weighted by atomic mass is 10.1. The van der Waals surface area contributed by atoms with Gasteiger partial charge in [-0.2, -0.15) is 0 Å². The summed E-state index contributed by atoms with van der Waals surface area (Å²) in [4.78, 5) is 21.3. The second kappa shape index (κ2) is 4.19. The highest BCUT2D eigenvalue weighted by atomic mass is 35.5. The van der Waals surface area contributed by atoms with Gasteiger partial charge < -0.3 is 0 Å². The van der Waals surface area contributed by atoms with Crippen LogP contribution in [0.4, 0.5) is 5.69 Å². The minimum atomic E-state index is -0.584. The zero-order chi connectivity index (χ0) is 10.7. The monoisotopic (exact) mass is 213 g/mol. The van der Waals surface area contributed by atoms with Crippen LogP contribution in [0.1, 0.15) is 23.7 Å². The van der Waals surface area contributed by atoms with Crippen molar-refractivity contribution in [1.29, 1.82) is 0 Å². The van der Waals surface area contributed by atoms with Crippen molar-refractivity contribution in [1.82, 2.24) is 0 Å². The molecule has 5 heteroatoms. The molecule has 0 heterocycles. The van der Waals surface area contributed by atoms with Gasteiger partial charge in [-0.25, -0.2) is 0 Å². The molecule has 0 saturated carbocycles. The number of ketones is 1. The molecule has 74 valence electrons. The summed E-state index contributed by atoms with van der Waals surface area (Å²) in [6.45, 7) is 1.65. The molecular formula is C9H8ClNO3. The molecule has 0 aromatic heterocycles. The minimum absolute atomic E-state index is 0.0741. The fourth-order valence-corrected chi connectivity index (χ4v) is 1.25. The molecule has 0 N–H and O–H groups in total. The van der Waals surface area contributed by atoms with E-state index in [0.717, 1.165) is 0 Å². The third-order valence-electron chi connectivity index (χ3n) is 1.78. The quantitative estimate of drug-likeness (QED) is 0.441. The van der Waals surface area contributed by atoms with Gasteiger partial charge in [-0.1, -0.05) is 18.5 Å². The van der Waals surface area contributed by atoms with Crippen molar-refractivity contribution >= 4 is 23.1 Å². The maximum atomic E-state index is 11.3. The first-order valence-electron chi connectivity index (χ1n) is 4.03. The van der Waals surface area contributed by atoms with E-state index in [1.165, 1.54) is 18.2 Å². The summed E-state index contributed by atoms with van der Waals surface area (Å²) in [6, 6.07) is 3.96. The van der Waals surface area contributed by atoms with Crippen LogP contribution >= 0.6 is 11.6 Å². The van der Waals surface area contributed by atoms with E-state index in [4.69, 9.17) is 11.6 Å². The summed E-state index contributed by atoms with van der Waals surface area (Å²) in [7, 11) is 0. The van der Waals surface area contributed by atoms with Crippen LogP contribution in [-0.2, 0) is 0 Å². The van der Waals surface area contributed by atoms with Crippen LogP contribution < -0.4 is 0 Å². The number of nitro benzene ring substituents is 1. The first-order chi connectivity index (χ1) is 6.56. The Labute approximate surface area is 85.6 Å². The molecule has 0 amide bonds. The molecule has 0 aliphatic rings. The summed E-state index contributed by atoms with van der Waals surface area (Å²) in [6.07, 6.45) is 0.223. The minimum Gasteiger partial charge on any atom is -0.294 e. The molecule has 1 aromatic carbocycles. The molecule has 14 heavy (non-hydrogen) atoms. The van der Waals surface area contributed by atoms with E-state index in [0.29, 0.717) is 5.02 Å². The Kier molecular flexibility index (Phi) is 3.19. The van der Waals surface area contributed by atoms with E-state index >= 15 is 0 Å². The number of carbonyl (C=O) groups is 1. The number of Topliss-reactive ketones (excluding diaryl/α,β-unsaturated/α-hetero) is 1. The average Bonchev–Trinajstić information content (AvgIpc) is 2.16. The van der Waals surface area contributed by atoms with Crippen molar-refractivity contribution in [3.8, 4) is 0 Å². The Balaban J connectivity index is 3.29. The van der Waals surface area contributed by atoms with Gasteiger partial charge in [0.1, 0.15) is 0 Å². The van der Waals surface area contributed by atoms with Gasteiger partial charge in [0.25, 0.3) is 5.69 Å². The predicted molar refractivity (Wildman–Crippen MR) is 52.7 cm³/mol. The van der Waals surface area contributed by atoms with Crippen molar-refractivity contribution in [3.05, 3.63) is 38.9 Å². The molecule has 0 bridgehead atoms. The predicted octanol–water partition coefficient (Wildman–Crippen LogP) is 2.84. The number of rotatable bonds is 3. The first-order valence-corrected chi connectivity index (χ1v) is 4.41. The van der Waals surface area contributed by atoms with Gasteiger partial charge in [0.15, 0.2) is 5.78 Å². The van der Waals surface area contributed by atoms with Crippen molar-refractivity contribution in [2.45, 2.75) is 13.3 Å². The van der Waals surface area contributed by atoms with E-state index < -0.39 is 4.92 Å². The molecule has 0 unspecified atom stereocenters. The fraction of sp³-hybridized carbons (Fsp3) is 0.222. The maximum Gasteiger partial charge on any atom is 0.280 e. The topological polar surface area (TPSA) is 60.2 Å². The summed E-state index contributed by atoms with van der Waals surface area (Å²) in [5.74, 6) is -0.279. The lowest BCUT2D eigenvalue weighted by Crippen LogP contribution is -2.02. The van der Waals surface area contributed by atoms with Crippen LogP contribution in [0.2, 0.25) is 5.02 Å². The third-order valence-corrected chi connectivity index (χ3v) is 2.01. The molecule has 0 radical (unpaired) electrons. The zero-order valence-corrected chi connectivity index (χ0v) is 8.25. The van der Waals surface area contributed by atoms with Gasteiger partial charge in [-0.15, -0.1) is 0 Å². The van der Waals surface area contributed by atoms with Gasteiger partial charge in [0.05, 0.1) is 10.5 Å². The fourth-order valence-electron chi connectivity index (χ4n) is 1.08. The number of carbonyl (C=O) groups excluding carboxylic acids is 1. The molecule has 0 saturated heterocycles. The molecule has 4 nitrogen and oxygen atoms in total. The zero-order valence-electron chi connectivity index (χ0n) is 7.49. The Hall–Kier alpha value is -1.42. The van der Waals surface area contributed by atoms with Gasteiger partial charge >= 0.3 is 0 Å². The standard InChI is InChI=1S/C9H8ClNO3/c1-2-9(12)7-5-6(10)3-4-8(7)11(13)14/h3-5H,2H2,1H3. The van der Waals surface area contributed by atoms with Crippen molar-refractivity contribution in [2.24, 2.45) is 0 Å². The Morgan fingerprint density at radius 2 is 2.21 bits per heavy atom. The van der Waals surface area contributed by atoms with Crippen molar-refractivity contribution in [2.75, 3.05) is 0 Å². The smallest absolute Gasteiger partial charge is 0.280 e. The Morgan fingerprint density at radius 1 is 1.57 bits per heavy atom. The molecule has 0 aliphatic heterocycles. The van der Waals surface area contributed by atoms with Gasteiger partial charge in [0, 0.05) is 17.5 Å². The first kappa shape index (κ1) is 10.7. The summed E-state index contributed by atoms with van der Waals surface area (Å²) in [5, 5.41) is 10.9. The highest BCUT2D eigenvalue weighted by Crippen LogP contribution is 2.23. The molecule has 0 atom stereocenters. The SMILES string of the molecule is CCC(=O)c1cc(Cl)ccc1[N+](=O)[O-]. The number of benzene rings is 1. The molecule has 0 fully saturated rings. The van der Waals surface area contributed by atoms with Gasteiger partial charge in [0.2, 0.25) is 0 Å².